The molecule has 0 saturated carbocycles. The van der Waals surface area contributed by atoms with Gasteiger partial charge in [0.15, 0.2) is 6.61 Å². The number of carbonyl (C=O) groups excluding carboxylic acids is 2. The molecule has 2 aromatic carbocycles. The lowest BCUT2D eigenvalue weighted by Gasteiger charge is -2.31. The predicted octanol–water partition coefficient (Wildman–Crippen LogP) is 4.76. The lowest BCUT2D eigenvalue weighted by atomic mass is 10.1. The van der Waals surface area contributed by atoms with Crippen LogP contribution < -0.4 is 10.1 Å². The Hall–Kier alpha value is -1.61. The zero-order valence-corrected chi connectivity index (χ0v) is 20.8. The molecule has 7 heteroatoms. The van der Waals surface area contributed by atoms with Crippen molar-refractivity contribution in [2.45, 2.75) is 45.8 Å². The quantitative estimate of drug-likeness (QED) is 0.487. The number of nitrogens with zero attached hydrogens (tertiary/aromatic N) is 1. The van der Waals surface area contributed by atoms with Gasteiger partial charge in [0.25, 0.3) is 5.91 Å². The van der Waals surface area contributed by atoms with Crippen LogP contribution in [0.15, 0.2) is 53.0 Å². The maximum atomic E-state index is 13.0. The Bertz CT molecular complexity index is 850. The number of hydrogen-bond acceptors (Lipinski definition) is 3. The molecular formula is C22H26BrIN2O3. The molecule has 156 valence electrons. The van der Waals surface area contributed by atoms with Crippen LogP contribution in [-0.2, 0) is 16.1 Å². The Kier molecular flexibility index (Phi) is 8.51. The van der Waals surface area contributed by atoms with Gasteiger partial charge in [0.1, 0.15) is 11.8 Å². The van der Waals surface area contributed by atoms with E-state index < -0.39 is 6.04 Å². The van der Waals surface area contributed by atoms with Crippen molar-refractivity contribution in [3.63, 3.8) is 0 Å². The van der Waals surface area contributed by atoms with Gasteiger partial charge in [0.2, 0.25) is 5.91 Å². The van der Waals surface area contributed by atoms with Crippen molar-refractivity contribution >= 4 is 50.3 Å². The predicted molar refractivity (Wildman–Crippen MR) is 127 cm³/mol. The summed E-state index contributed by atoms with van der Waals surface area (Å²) in [5, 5.41) is 2.95. The Morgan fingerprint density at radius 3 is 2.41 bits per heavy atom. The van der Waals surface area contributed by atoms with E-state index in [1.807, 2.05) is 69.3 Å². The zero-order valence-electron chi connectivity index (χ0n) is 17.0. The highest BCUT2D eigenvalue weighted by molar-refractivity contribution is 14.1. The topological polar surface area (TPSA) is 58.6 Å². The molecule has 0 unspecified atom stereocenters. The molecule has 0 spiro atoms. The number of ether oxygens (including phenoxy) is 1. The minimum Gasteiger partial charge on any atom is -0.484 e. The van der Waals surface area contributed by atoms with Crippen molar-refractivity contribution in [1.29, 1.82) is 0 Å². The number of benzene rings is 2. The third-order valence-corrected chi connectivity index (χ3v) is 5.30. The van der Waals surface area contributed by atoms with Gasteiger partial charge in [-0.1, -0.05) is 28.1 Å². The monoisotopic (exact) mass is 572 g/mol. The first-order valence-electron chi connectivity index (χ1n) is 9.29. The van der Waals surface area contributed by atoms with Gasteiger partial charge >= 0.3 is 0 Å². The zero-order chi connectivity index (χ0) is 21.6. The molecule has 0 aliphatic carbocycles. The van der Waals surface area contributed by atoms with Gasteiger partial charge in [-0.2, -0.15) is 0 Å². The first-order valence-corrected chi connectivity index (χ1v) is 11.2. The minimum atomic E-state index is -0.638. The van der Waals surface area contributed by atoms with Crippen LogP contribution in [0.2, 0.25) is 0 Å². The van der Waals surface area contributed by atoms with Crippen molar-refractivity contribution < 1.29 is 14.3 Å². The van der Waals surface area contributed by atoms with Gasteiger partial charge in [-0.15, -0.1) is 0 Å². The minimum absolute atomic E-state index is 0.137. The summed E-state index contributed by atoms with van der Waals surface area (Å²) in [7, 11) is 0. The van der Waals surface area contributed by atoms with Crippen LogP contribution in [0.5, 0.6) is 5.75 Å². The molecule has 0 heterocycles. The van der Waals surface area contributed by atoms with Crippen LogP contribution >= 0.6 is 38.5 Å². The van der Waals surface area contributed by atoms with Gasteiger partial charge < -0.3 is 15.0 Å². The molecule has 0 aliphatic rings. The number of amides is 2. The SMILES string of the molecule is C[C@H](C(=O)NC(C)(C)C)N(Cc1cccc(Br)c1)C(=O)COc1ccc(I)cc1. The Morgan fingerprint density at radius 1 is 1.17 bits per heavy atom. The van der Waals surface area contributed by atoms with E-state index in [2.05, 4.69) is 43.8 Å². The lowest BCUT2D eigenvalue weighted by molar-refractivity contribution is -0.142. The summed E-state index contributed by atoms with van der Waals surface area (Å²) in [5.74, 6) is 0.170. The molecule has 0 fully saturated rings. The Balaban J connectivity index is 2.16. The second-order valence-corrected chi connectivity index (χ2v) is 9.97. The normalized spacial score (nSPS) is 12.2. The second kappa shape index (κ2) is 10.4. The maximum absolute atomic E-state index is 13.0. The highest BCUT2D eigenvalue weighted by Gasteiger charge is 2.28. The maximum Gasteiger partial charge on any atom is 0.261 e. The Labute approximate surface area is 194 Å². The van der Waals surface area contributed by atoms with Gasteiger partial charge in [0.05, 0.1) is 0 Å². The number of hydrogen-bond donors (Lipinski definition) is 1. The molecule has 2 rings (SSSR count). The summed E-state index contributed by atoms with van der Waals surface area (Å²) in [4.78, 5) is 27.3. The largest absolute Gasteiger partial charge is 0.484 e. The van der Waals surface area contributed by atoms with Crippen molar-refractivity contribution in [3.8, 4) is 5.75 Å². The van der Waals surface area contributed by atoms with Crippen LogP contribution in [-0.4, -0.2) is 34.9 Å². The van der Waals surface area contributed by atoms with Crippen LogP contribution in [0.3, 0.4) is 0 Å². The summed E-state index contributed by atoms with van der Waals surface area (Å²) in [6.07, 6.45) is 0. The molecule has 5 nitrogen and oxygen atoms in total. The molecule has 0 saturated heterocycles. The molecule has 2 aromatic rings. The molecule has 1 N–H and O–H groups in total. The average molecular weight is 573 g/mol. The standard InChI is InChI=1S/C22H26BrIN2O3/c1-15(21(28)25-22(2,3)4)26(13-16-6-5-7-17(23)12-16)20(27)14-29-19-10-8-18(24)9-11-19/h5-12,15H,13-14H2,1-4H3,(H,25,28)/t15-/m1/s1. The third-order valence-electron chi connectivity index (χ3n) is 4.08. The van der Waals surface area contributed by atoms with Crippen LogP contribution in [0.4, 0.5) is 0 Å². The fourth-order valence-corrected chi connectivity index (χ4v) is 3.45. The van der Waals surface area contributed by atoms with E-state index in [9.17, 15) is 9.59 Å². The molecule has 0 bridgehead atoms. The summed E-state index contributed by atoms with van der Waals surface area (Å²) in [5.41, 5.74) is 0.547. The van der Waals surface area contributed by atoms with E-state index in [0.717, 1.165) is 13.6 Å². The van der Waals surface area contributed by atoms with Crippen LogP contribution in [0.25, 0.3) is 0 Å². The first kappa shape index (κ1) is 23.7. The Morgan fingerprint density at radius 2 is 1.83 bits per heavy atom. The number of rotatable bonds is 7. The smallest absolute Gasteiger partial charge is 0.261 e. The van der Waals surface area contributed by atoms with Gasteiger partial charge in [-0.3, -0.25) is 9.59 Å². The fourth-order valence-electron chi connectivity index (χ4n) is 2.65. The lowest BCUT2D eigenvalue weighted by Crippen LogP contribution is -2.53. The van der Waals surface area contributed by atoms with E-state index >= 15 is 0 Å². The van der Waals surface area contributed by atoms with Gasteiger partial charge in [0, 0.05) is 20.1 Å². The van der Waals surface area contributed by atoms with Crippen molar-refractivity contribution in [1.82, 2.24) is 10.2 Å². The highest BCUT2D eigenvalue weighted by Crippen LogP contribution is 2.17. The van der Waals surface area contributed by atoms with E-state index in [1.165, 1.54) is 0 Å². The first-order chi connectivity index (χ1) is 13.5. The van der Waals surface area contributed by atoms with E-state index in [1.54, 1.807) is 11.8 Å². The molecule has 0 radical (unpaired) electrons. The van der Waals surface area contributed by atoms with Gasteiger partial charge in [-0.05, 0) is 92.2 Å². The van der Waals surface area contributed by atoms with E-state index in [4.69, 9.17) is 4.74 Å². The molecule has 0 aliphatic heterocycles. The molecular weight excluding hydrogens is 547 g/mol. The number of nitrogens with one attached hydrogen (secondary N) is 1. The summed E-state index contributed by atoms with van der Waals surface area (Å²) in [6, 6.07) is 14.5. The molecule has 1 atom stereocenters. The van der Waals surface area contributed by atoms with Gasteiger partial charge in [-0.25, -0.2) is 0 Å². The highest BCUT2D eigenvalue weighted by atomic mass is 127. The van der Waals surface area contributed by atoms with E-state index in [0.29, 0.717) is 12.3 Å². The fraction of sp³-hybridized carbons (Fsp3) is 0.364. The van der Waals surface area contributed by atoms with Crippen molar-refractivity contribution in [2.75, 3.05) is 6.61 Å². The van der Waals surface area contributed by atoms with Crippen molar-refractivity contribution in [2.24, 2.45) is 0 Å². The summed E-state index contributed by atoms with van der Waals surface area (Å²) < 4.78 is 7.67. The third kappa shape index (κ3) is 7.97. The number of carbonyl (C=O) groups is 2. The summed E-state index contributed by atoms with van der Waals surface area (Å²) in [6.45, 7) is 7.66. The van der Waals surface area contributed by atoms with Crippen LogP contribution in [0, 0.1) is 3.57 Å². The second-order valence-electron chi connectivity index (χ2n) is 7.81. The molecule has 0 aromatic heterocycles. The van der Waals surface area contributed by atoms with Crippen LogP contribution in [0.1, 0.15) is 33.3 Å². The average Bonchev–Trinajstić information content (AvgIpc) is 2.63. The van der Waals surface area contributed by atoms with E-state index in [-0.39, 0.29) is 24.0 Å². The summed E-state index contributed by atoms with van der Waals surface area (Å²) >= 11 is 5.67. The number of halogens is 2. The molecule has 29 heavy (non-hydrogen) atoms. The van der Waals surface area contributed by atoms with Crippen molar-refractivity contribution in [3.05, 3.63) is 62.1 Å². The molecule has 2 amide bonds.